The van der Waals surface area contributed by atoms with Crippen LogP contribution in [-0.2, 0) is 0 Å². The summed E-state index contributed by atoms with van der Waals surface area (Å²) in [5.74, 6) is 0.838. The van der Waals surface area contributed by atoms with E-state index in [2.05, 4.69) is 13.8 Å². The Morgan fingerprint density at radius 2 is 1.90 bits per heavy atom. The third-order valence-electron chi connectivity index (χ3n) is 3.22. The maximum Gasteiger partial charge on any atom is 0.196 e. The Bertz CT molecular complexity index is 633. The van der Waals surface area contributed by atoms with Crippen molar-refractivity contribution in [2.45, 2.75) is 19.8 Å². The molecule has 0 spiro atoms. The maximum atomic E-state index is 12.6. The molecular formula is C17H17ClO2. The molecule has 0 aliphatic carbocycles. The molecule has 0 radical (unpaired) electrons. The Morgan fingerprint density at radius 1 is 1.15 bits per heavy atom. The van der Waals surface area contributed by atoms with Crippen LogP contribution in [0.25, 0.3) is 0 Å². The molecule has 104 valence electrons. The molecule has 0 amide bonds. The highest BCUT2D eigenvalue weighted by Gasteiger charge is 2.15. The number of carbonyl (C=O) groups excluding carboxylic acids is 1. The van der Waals surface area contributed by atoms with E-state index >= 15 is 0 Å². The van der Waals surface area contributed by atoms with E-state index in [1.807, 2.05) is 24.3 Å². The Balaban J connectivity index is 2.46. The van der Waals surface area contributed by atoms with Gasteiger partial charge in [-0.3, -0.25) is 4.79 Å². The van der Waals surface area contributed by atoms with Crippen LogP contribution in [-0.4, -0.2) is 12.9 Å². The number of hydrogen-bond donors (Lipinski definition) is 0. The summed E-state index contributed by atoms with van der Waals surface area (Å²) < 4.78 is 5.24. The molecule has 20 heavy (non-hydrogen) atoms. The van der Waals surface area contributed by atoms with Gasteiger partial charge in [-0.2, -0.15) is 0 Å². The van der Waals surface area contributed by atoms with Crippen molar-refractivity contribution in [3.8, 4) is 5.75 Å². The van der Waals surface area contributed by atoms with Crippen LogP contribution >= 0.6 is 11.6 Å². The lowest BCUT2D eigenvalue weighted by Crippen LogP contribution is -2.05. The van der Waals surface area contributed by atoms with Crippen LogP contribution in [0.1, 0.15) is 41.3 Å². The highest BCUT2D eigenvalue weighted by molar-refractivity contribution is 6.31. The summed E-state index contributed by atoms with van der Waals surface area (Å²) in [6, 6.07) is 12.7. The number of ketones is 1. The van der Waals surface area contributed by atoms with Gasteiger partial charge in [-0.25, -0.2) is 0 Å². The van der Waals surface area contributed by atoms with Gasteiger partial charge < -0.3 is 4.74 Å². The van der Waals surface area contributed by atoms with Crippen LogP contribution in [0.5, 0.6) is 5.75 Å². The lowest BCUT2D eigenvalue weighted by atomic mass is 9.96. The Kier molecular flexibility index (Phi) is 4.46. The van der Waals surface area contributed by atoms with Crippen molar-refractivity contribution in [2.24, 2.45) is 0 Å². The molecule has 0 saturated carbocycles. The molecule has 0 fully saturated rings. The number of ether oxygens (including phenoxy) is 1. The average molecular weight is 289 g/mol. The number of hydrogen-bond acceptors (Lipinski definition) is 2. The number of rotatable bonds is 4. The molecule has 3 heteroatoms. The van der Waals surface area contributed by atoms with E-state index in [4.69, 9.17) is 16.3 Å². The predicted molar refractivity (Wildman–Crippen MR) is 82.0 cm³/mol. The molecule has 0 N–H and O–H groups in total. The van der Waals surface area contributed by atoms with Gasteiger partial charge >= 0.3 is 0 Å². The fraction of sp³-hybridized carbons (Fsp3) is 0.235. The van der Waals surface area contributed by atoms with Gasteiger partial charge in [0.05, 0.1) is 12.7 Å². The summed E-state index contributed by atoms with van der Waals surface area (Å²) in [7, 11) is 1.55. The first-order valence-electron chi connectivity index (χ1n) is 6.51. The van der Waals surface area contributed by atoms with Crippen molar-refractivity contribution < 1.29 is 9.53 Å². The van der Waals surface area contributed by atoms with Crippen LogP contribution < -0.4 is 4.74 Å². The third-order valence-corrected chi connectivity index (χ3v) is 3.46. The summed E-state index contributed by atoms with van der Waals surface area (Å²) in [6.07, 6.45) is 0. The highest BCUT2D eigenvalue weighted by atomic mass is 35.5. The molecule has 0 aliphatic rings. The standard InChI is InChI=1S/C17H17ClO2/c1-11(2)12-5-4-6-13(9-12)17(19)15-10-14(18)7-8-16(15)20-3/h4-11H,1-3H3. The summed E-state index contributed by atoms with van der Waals surface area (Å²) in [6.45, 7) is 4.20. The van der Waals surface area contributed by atoms with E-state index < -0.39 is 0 Å². The minimum Gasteiger partial charge on any atom is -0.496 e. The lowest BCUT2D eigenvalue weighted by Gasteiger charge is -2.10. The van der Waals surface area contributed by atoms with Gasteiger partial charge in [-0.15, -0.1) is 0 Å². The van der Waals surface area contributed by atoms with Gasteiger partial charge in [0, 0.05) is 10.6 Å². The SMILES string of the molecule is COc1ccc(Cl)cc1C(=O)c1cccc(C(C)C)c1. The summed E-state index contributed by atoms with van der Waals surface area (Å²) in [5, 5.41) is 0.522. The monoisotopic (exact) mass is 288 g/mol. The average Bonchev–Trinajstić information content (AvgIpc) is 2.46. The van der Waals surface area contributed by atoms with Gasteiger partial charge in [0.25, 0.3) is 0 Å². The normalized spacial score (nSPS) is 10.7. The Morgan fingerprint density at radius 3 is 2.55 bits per heavy atom. The molecule has 0 aliphatic heterocycles. The first-order valence-corrected chi connectivity index (χ1v) is 6.89. The predicted octanol–water partition coefficient (Wildman–Crippen LogP) is 4.70. The second-order valence-corrected chi connectivity index (χ2v) is 5.39. The minimum absolute atomic E-state index is 0.0770. The van der Waals surface area contributed by atoms with Gasteiger partial charge in [0.1, 0.15) is 5.75 Å². The molecule has 2 rings (SSSR count). The molecule has 0 unspecified atom stereocenters. The zero-order valence-corrected chi connectivity index (χ0v) is 12.6. The second kappa shape index (κ2) is 6.10. The smallest absolute Gasteiger partial charge is 0.196 e. The van der Waals surface area contributed by atoms with E-state index in [1.165, 1.54) is 0 Å². The van der Waals surface area contributed by atoms with Crippen molar-refractivity contribution >= 4 is 17.4 Å². The zero-order valence-electron chi connectivity index (χ0n) is 11.8. The quantitative estimate of drug-likeness (QED) is 0.762. The first-order chi connectivity index (χ1) is 9.52. The van der Waals surface area contributed by atoms with Crippen molar-refractivity contribution in [3.63, 3.8) is 0 Å². The van der Waals surface area contributed by atoms with Crippen LogP contribution in [0.4, 0.5) is 0 Å². The van der Waals surface area contributed by atoms with E-state index in [-0.39, 0.29) is 5.78 Å². The van der Waals surface area contributed by atoms with Gasteiger partial charge in [-0.1, -0.05) is 43.6 Å². The minimum atomic E-state index is -0.0770. The van der Waals surface area contributed by atoms with E-state index in [0.29, 0.717) is 27.8 Å². The number of halogens is 1. The molecule has 2 aromatic rings. The van der Waals surface area contributed by atoms with Crippen molar-refractivity contribution in [3.05, 3.63) is 64.2 Å². The molecule has 0 heterocycles. The van der Waals surface area contributed by atoms with Crippen molar-refractivity contribution in [2.75, 3.05) is 7.11 Å². The largest absolute Gasteiger partial charge is 0.496 e. The maximum absolute atomic E-state index is 12.6. The van der Waals surface area contributed by atoms with Crippen LogP contribution in [0.15, 0.2) is 42.5 Å². The Hall–Kier alpha value is -1.80. The van der Waals surface area contributed by atoms with Gasteiger partial charge in [0.2, 0.25) is 0 Å². The molecule has 0 aromatic heterocycles. The fourth-order valence-corrected chi connectivity index (χ4v) is 2.22. The molecule has 0 saturated heterocycles. The van der Waals surface area contributed by atoms with Gasteiger partial charge in [-0.05, 0) is 35.7 Å². The molecule has 2 aromatic carbocycles. The van der Waals surface area contributed by atoms with Crippen LogP contribution in [0, 0.1) is 0 Å². The van der Waals surface area contributed by atoms with E-state index in [1.54, 1.807) is 25.3 Å². The first kappa shape index (κ1) is 14.6. The van der Waals surface area contributed by atoms with Gasteiger partial charge in [0.15, 0.2) is 5.78 Å². The third kappa shape index (κ3) is 3.02. The summed E-state index contributed by atoms with van der Waals surface area (Å²) >= 11 is 5.98. The zero-order chi connectivity index (χ0) is 14.7. The summed E-state index contributed by atoms with van der Waals surface area (Å²) in [5.41, 5.74) is 2.27. The number of methoxy groups -OCH3 is 1. The molecule has 2 nitrogen and oxygen atoms in total. The molecule has 0 bridgehead atoms. The van der Waals surface area contributed by atoms with Crippen molar-refractivity contribution in [1.29, 1.82) is 0 Å². The fourth-order valence-electron chi connectivity index (χ4n) is 2.05. The topological polar surface area (TPSA) is 26.3 Å². The van der Waals surface area contributed by atoms with Crippen LogP contribution in [0.2, 0.25) is 5.02 Å². The Labute approximate surface area is 124 Å². The molecular weight excluding hydrogens is 272 g/mol. The summed E-state index contributed by atoms with van der Waals surface area (Å²) in [4.78, 5) is 12.6. The second-order valence-electron chi connectivity index (χ2n) is 4.95. The van der Waals surface area contributed by atoms with Crippen molar-refractivity contribution in [1.82, 2.24) is 0 Å². The number of benzene rings is 2. The van der Waals surface area contributed by atoms with E-state index in [0.717, 1.165) is 5.56 Å². The molecule has 0 atom stereocenters. The number of carbonyl (C=O) groups is 1. The highest BCUT2D eigenvalue weighted by Crippen LogP contribution is 2.26. The van der Waals surface area contributed by atoms with E-state index in [9.17, 15) is 4.79 Å². The van der Waals surface area contributed by atoms with Crippen LogP contribution in [0.3, 0.4) is 0 Å². The lowest BCUT2D eigenvalue weighted by molar-refractivity contribution is 0.103.